The maximum absolute atomic E-state index is 14.4. The Morgan fingerprint density at radius 1 is 1.06 bits per heavy atom. The van der Waals surface area contributed by atoms with Gasteiger partial charge in [0.2, 0.25) is 17.6 Å². The summed E-state index contributed by atoms with van der Waals surface area (Å²) in [6, 6.07) is 4.77. The number of ketones is 1. The first-order valence-electron chi connectivity index (χ1n) is 17.3. The number of carbonyl (C=O) groups is 5. The van der Waals surface area contributed by atoms with Crippen LogP contribution in [0.4, 0.5) is 4.79 Å². The molecule has 5 amide bonds. The van der Waals surface area contributed by atoms with Gasteiger partial charge in [-0.15, -0.1) is 6.58 Å². The Morgan fingerprint density at radius 3 is 2.31 bits per heavy atom. The number of rotatable bonds is 17. The van der Waals surface area contributed by atoms with Crippen LogP contribution in [-0.4, -0.2) is 95.3 Å². The van der Waals surface area contributed by atoms with Gasteiger partial charge in [0.25, 0.3) is 5.91 Å². The van der Waals surface area contributed by atoms with Gasteiger partial charge in [0.15, 0.2) is 0 Å². The average Bonchev–Trinajstić information content (AvgIpc) is 3.71. The van der Waals surface area contributed by atoms with E-state index in [9.17, 15) is 24.0 Å². The van der Waals surface area contributed by atoms with Crippen molar-refractivity contribution in [2.45, 2.75) is 104 Å². The quantitative estimate of drug-likeness (QED) is 0.112. The molecule has 1 aliphatic carbocycles. The van der Waals surface area contributed by atoms with Crippen LogP contribution in [0.3, 0.4) is 0 Å². The third kappa shape index (κ3) is 10.8. The molecular formula is C36H56N6O5S. The number of likely N-dealkylation sites (tertiary alicyclic amines) is 1. The molecule has 0 spiro atoms. The van der Waals surface area contributed by atoms with Crippen molar-refractivity contribution in [2.24, 2.45) is 11.3 Å². The van der Waals surface area contributed by atoms with E-state index in [1.165, 1.54) is 6.08 Å². The molecule has 11 nitrogen and oxygen atoms in total. The number of Topliss-reactive ketones (excluding diaryl/α,β-unsaturated/α-hetero) is 1. The Kier molecular flexibility index (Phi) is 15.0. The van der Waals surface area contributed by atoms with Crippen molar-refractivity contribution in [1.29, 1.82) is 0 Å². The summed E-state index contributed by atoms with van der Waals surface area (Å²) < 4.78 is 2.11. The van der Waals surface area contributed by atoms with E-state index in [1.807, 2.05) is 26.1 Å². The van der Waals surface area contributed by atoms with Gasteiger partial charge in [0, 0.05) is 31.4 Å². The number of likely N-dealkylation sites (N-methyl/N-ethyl adjacent to an activating group) is 1. The third-order valence-corrected chi connectivity index (χ3v) is 10.0. The molecule has 4 unspecified atom stereocenters. The van der Waals surface area contributed by atoms with E-state index < -0.39 is 41.8 Å². The predicted octanol–water partition coefficient (Wildman–Crippen LogP) is 3.62. The van der Waals surface area contributed by atoms with Crippen LogP contribution in [0.2, 0.25) is 0 Å². The highest BCUT2D eigenvalue weighted by Gasteiger charge is 2.43. The number of nitrogens with one attached hydrogen (secondary N) is 4. The summed E-state index contributed by atoms with van der Waals surface area (Å²) in [4.78, 5) is 68.9. The molecule has 1 aliphatic heterocycles. The SMILES string of the molecule is C=CCNC(=O)C(=O)C(CCCC)NC(=O)C1CCCN1C(=O)C(NC(=O)NC(CN(C)SCC)C(C)(C)C)C1Cc2ccccc2C1. The largest absolute Gasteiger partial charge is 0.346 e. The van der Waals surface area contributed by atoms with E-state index in [0.717, 1.165) is 23.3 Å². The van der Waals surface area contributed by atoms with Gasteiger partial charge < -0.3 is 26.2 Å². The first-order valence-corrected chi connectivity index (χ1v) is 18.3. The number of urea groups is 1. The van der Waals surface area contributed by atoms with E-state index in [4.69, 9.17) is 0 Å². The summed E-state index contributed by atoms with van der Waals surface area (Å²) in [5, 5.41) is 11.5. The van der Waals surface area contributed by atoms with E-state index in [2.05, 4.69) is 72.0 Å². The van der Waals surface area contributed by atoms with Gasteiger partial charge in [-0.05, 0) is 61.6 Å². The number of hydrogen-bond acceptors (Lipinski definition) is 7. The van der Waals surface area contributed by atoms with Crippen LogP contribution >= 0.6 is 11.9 Å². The second kappa shape index (κ2) is 18.4. The molecule has 3 rings (SSSR count). The number of unbranched alkanes of at least 4 members (excludes halogenated alkanes) is 1. The molecule has 1 aromatic rings. The summed E-state index contributed by atoms with van der Waals surface area (Å²) >= 11 is 1.69. The lowest BCUT2D eigenvalue weighted by Crippen LogP contribution is -2.60. The standard InChI is InChI=1S/C36H56N6O5S/c1-8-11-17-27(31(43)33(45)37-19-9-2)38-32(44)28-18-14-20-42(28)34(46)30(26-21-24-15-12-13-16-25(24)22-26)40-35(47)39-29(36(4,5)6)23-41(7)48-10-3/h9,12-13,15-16,26-30H,2,8,10-11,14,17-23H2,1,3-7H3,(H,37,45)(H,38,44)(H2,39,40,47). The van der Waals surface area contributed by atoms with Crippen LogP contribution in [0.25, 0.3) is 0 Å². The molecule has 4 atom stereocenters. The van der Waals surface area contributed by atoms with Crippen molar-refractivity contribution in [2.75, 3.05) is 32.4 Å². The Morgan fingerprint density at radius 2 is 1.73 bits per heavy atom. The molecule has 0 aromatic heterocycles. The minimum Gasteiger partial charge on any atom is -0.346 e. The molecule has 0 saturated carbocycles. The van der Waals surface area contributed by atoms with Crippen LogP contribution in [0.15, 0.2) is 36.9 Å². The van der Waals surface area contributed by atoms with Crippen molar-refractivity contribution in [3.05, 3.63) is 48.0 Å². The molecule has 12 heteroatoms. The maximum Gasteiger partial charge on any atom is 0.315 e. The van der Waals surface area contributed by atoms with Gasteiger partial charge in [-0.1, -0.05) is 89.7 Å². The summed E-state index contributed by atoms with van der Waals surface area (Å²) in [6.45, 7) is 15.0. The number of amides is 5. The monoisotopic (exact) mass is 684 g/mol. The van der Waals surface area contributed by atoms with E-state index >= 15 is 0 Å². The molecule has 1 fully saturated rings. The lowest BCUT2D eigenvalue weighted by atomic mass is 9.86. The Balaban J connectivity index is 1.82. The zero-order valence-corrected chi connectivity index (χ0v) is 30.4. The Bertz CT molecular complexity index is 1270. The lowest BCUT2D eigenvalue weighted by Gasteiger charge is -2.36. The number of benzene rings is 1. The fourth-order valence-electron chi connectivity index (χ4n) is 6.45. The summed E-state index contributed by atoms with van der Waals surface area (Å²) in [6.07, 6.45) is 5.51. The van der Waals surface area contributed by atoms with E-state index in [-0.39, 0.29) is 29.8 Å². The summed E-state index contributed by atoms with van der Waals surface area (Å²) in [5.74, 6) is -1.55. The topological polar surface area (TPSA) is 140 Å². The van der Waals surface area contributed by atoms with Gasteiger partial charge in [0.05, 0.1) is 6.04 Å². The van der Waals surface area contributed by atoms with Gasteiger partial charge >= 0.3 is 6.03 Å². The Labute approximate surface area is 290 Å². The lowest BCUT2D eigenvalue weighted by molar-refractivity contribution is -0.143. The van der Waals surface area contributed by atoms with Crippen molar-refractivity contribution in [3.8, 4) is 0 Å². The molecule has 266 valence electrons. The molecule has 0 bridgehead atoms. The third-order valence-electron chi connectivity index (χ3n) is 9.20. The zero-order chi connectivity index (χ0) is 35.4. The highest BCUT2D eigenvalue weighted by Crippen LogP contribution is 2.31. The molecule has 0 radical (unpaired) electrons. The summed E-state index contributed by atoms with van der Waals surface area (Å²) in [7, 11) is 2.00. The van der Waals surface area contributed by atoms with Gasteiger partial charge in [-0.2, -0.15) is 0 Å². The molecule has 1 saturated heterocycles. The number of hydrogen-bond donors (Lipinski definition) is 4. The van der Waals surface area contributed by atoms with Crippen LogP contribution in [0.5, 0.6) is 0 Å². The normalized spacial score (nSPS) is 18.1. The second-order valence-corrected chi connectivity index (χ2v) is 15.4. The molecule has 2 aliphatic rings. The molecule has 1 aromatic carbocycles. The zero-order valence-electron chi connectivity index (χ0n) is 29.6. The molecular weight excluding hydrogens is 628 g/mol. The van der Waals surface area contributed by atoms with Crippen LogP contribution in [-0.2, 0) is 32.0 Å². The molecule has 4 N–H and O–H groups in total. The van der Waals surface area contributed by atoms with Crippen LogP contribution in [0, 0.1) is 11.3 Å². The summed E-state index contributed by atoms with van der Waals surface area (Å²) in [5.41, 5.74) is 2.06. The number of carbonyl (C=O) groups excluding carboxylic acids is 5. The van der Waals surface area contributed by atoms with Crippen molar-refractivity contribution >= 4 is 41.5 Å². The Hall–Kier alpha value is -3.38. The van der Waals surface area contributed by atoms with Crippen molar-refractivity contribution < 1.29 is 24.0 Å². The van der Waals surface area contributed by atoms with Gasteiger partial charge in [-0.25, -0.2) is 4.79 Å². The first kappa shape index (κ1) is 39.1. The van der Waals surface area contributed by atoms with Gasteiger partial charge in [-0.3, -0.25) is 23.5 Å². The van der Waals surface area contributed by atoms with E-state index in [1.54, 1.807) is 16.8 Å². The maximum atomic E-state index is 14.4. The molecule has 1 heterocycles. The highest BCUT2D eigenvalue weighted by molar-refractivity contribution is 7.96. The van der Waals surface area contributed by atoms with E-state index in [0.29, 0.717) is 51.6 Å². The van der Waals surface area contributed by atoms with Gasteiger partial charge in [0.1, 0.15) is 12.1 Å². The smallest absolute Gasteiger partial charge is 0.315 e. The van der Waals surface area contributed by atoms with Crippen LogP contribution < -0.4 is 21.3 Å². The minimum absolute atomic E-state index is 0.141. The fraction of sp³-hybridized carbons (Fsp3) is 0.639. The minimum atomic E-state index is -0.998. The second-order valence-electron chi connectivity index (χ2n) is 13.9. The van der Waals surface area contributed by atoms with Crippen LogP contribution in [0.1, 0.15) is 77.8 Å². The number of nitrogens with zero attached hydrogens (tertiary/aromatic N) is 2. The van der Waals surface area contributed by atoms with Crippen molar-refractivity contribution in [3.63, 3.8) is 0 Å². The predicted molar refractivity (Wildman–Crippen MR) is 191 cm³/mol. The fourth-order valence-corrected chi connectivity index (χ4v) is 7.15. The molecule has 48 heavy (non-hydrogen) atoms. The average molecular weight is 685 g/mol. The number of fused-ring (bicyclic) bond motifs is 1. The van der Waals surface area contributed by atoms with Crippen molar-refractivity contribution in [1.82, 2.24) is 30.5 Å². The highest BCUT2D eigenvalue weighted by atomic mass is 32.2. The first-order chi connectivity index (χ1) is 22.8.